The van der Waals surface area contributed by atoms with Crippen molar-refractivity contribution < 1.29 is 22.7 Å². The van der Waals surface area contributed by atoms with Crippen LogP contribution in [0.15, 0.2) is 18.2 Å². The second-order valence-corrected chi connectivity index (χ2v) is 5.32. The molecule has 1 aromatic carbocycles. The molecule has 0 heterocycles. The van der Waals surface area contributed by atoms with Crippen molar-refractivity contribution in [1.29, 1.82) is 0 Å². The van der Waals surface area contributed by atoms with Crippen molar-refractivity contribution in [2.24, 2.45) is 0 Å². The number of anilines is 1. The fourth-order valence-corrected chi connectivity index (χ4v) is 2.10. The Bertz CT molecular complexity index is 533. The minimum atomic E-state index is -4.48. The lowest BCUT2D eigenvalue weighted by Gasteiger charge is -2.25. The molecule has 0 fully saturated rings. The Morgan fingerprint density at radius 2 is 2.00 bits per heavy atom. The monoisotopic (exact) mass is 332 g/mol. The SMILES string of the molecule is CCCC(C)N(C)C(=O)Nc1cc(C(F)(F)F)ccc1OCC. The molecule has 0 aliphatic rings. The zero-order valence-corrected chi connectivity index (χ0v) is 13.8. The average molecular weight is 332 g/mol. The molecule has 0 aliphatic carbocycles. The number of urea groups is 1. The summed E-state index contributed by atoms with van der Waals surface area (Å²) >= 11 is 0. The maximum Gasteiger partial charge on any atom is 0.416 e. The predicted molar refractivity (Wildman–Crippen MR) is 83.8 cm³/mol. The highest BCUT2D eigenvalue weighted by atomic mass is 19.4. The molecule has 7 heteroatoms. The fraction of sp³-hybridized carbons (Fsp3) is 0.562. The van der Waals surface area contributed by atoms with Gasteiger partial charge in [-0.25, -0.2) is 4.79 Å². The van der Waals surface area contributed by atoms with Crippen LogP contribution in [0.5, 0.6) is 5.75 Å². The van der Waals surface area contributed by atoms with Gasteiger partial charge in [0.1, 0.15) is 5.75 Å². The van der Waals surface area contributed by atoms with E-state index in [2.05, 4.69) is 5.32 Å². The molecule has 1 aromatic rings. The average Bonchev–Trinajstić information content (AvgIpc) is 2.47. The minimum Gasteiger partial charge on any atom is -0.492 e. The second-order valence-electron chi connectivity index (χ2n) is 5.32. The molecule has 1 rings (SSSR count). The molecule has 0 spiro atoms. The van der Waals surface area contributed by atoms with Crippen LogP contribution in [0.25, 0.3) is 0 Å². The maximum atomic E-state index is 12.8. The van der Waals surface area contributed by atoms with Crippen molar-refractivity contribution >= 4 is 11.7 Å². The van der Waals surface area contributed by atoms with Gasteiger partial charge in [-0.15, -0.1) is 0 Å². The van der Waals surface area contributed by atoms with Crippen LogP contribution in [0.4, 0.5) is 23.7 Å². The van der Waals surface area contributed by atoms with Gasteiger partial charge in [0, 0.05) is 13.1 Å². The highest BCUT2D eigenvalue weighted by molar-refractivity contribution is 5.91. The Morgan fingerprint density at radius 3 is 2.52 bits per heavy atom. The number of hydrogen-bond donors (Lipinski definition) is 1. The van der Waals surface area contributed by atoms with E-state index in [1.165, 1.54) is 11.0 Å². The summed E-state index contributed by atoms with van der Waals surface area (Å²) in [5, 5.41) is 2.51. The van der Waals surface area contributed by atoms with E-state index in [1.54, 1.807) is 14.0 Å². The number of benzene rings is 1. The summed E-state index contributed by atoms with van der Waals surface area (Å²) in [6.45, 7) is 5.90. The van der Waals surface area contributed by atoms with Crippen LogP contribution in [0, 0.1) is 0 Å². The Balaban J connectivity index is 3.02. The molecule has 1 N–H and O–H groups in total. The van der Waals surface area contributed by atoms with Crippen molar-refractivity contribution in [3.63, 3.8) is 0 Å². The molecule has 1 unspecified atom stereocenters. The van der Waals surface area contributed by atoms with Crippen molar-refractivity contribution in [1.82, 2.24) is 4.90 Å². The molecule has 0 saturated carbocycles. The van der Waals surface area contributed by atoms with Crippen LogP contribution >= 0.6 is 0 Å². The second kappa shape index (κ2) is 8.08. The van der Waals surface area contributed by atoms with Gasteiger partial charge in [-0.2, -0.15) is 13.2 Å². The number of nitrogens with zero attached hydrogens (tertiary/aromatic N) is 1. The number of amides is 2. The van der Waals surface area contributed by atoms with Crippen LogP contribution in [-0.4, -0.2) is 30.6 Å². The van der Waals surface area contributed by atoms with Crippen molar-refractivity contribution in [2.75, 3.05) is 19.0 Å². The van der Waals surface area contributed by atoms with Gasteiger partial charge in [-0.3, -0.25) is 0 Å². The van der Waals surface area contributed by atoms with Crippen LogP contribution in [0.3, 0.4) is 0 Å². The third-order valence-corrected chi connectivity index (χ3v) is 3.54. The van der Waals surface area contributed by atoms with Gasteiger partial charge in [0.2, 0.25) is 0 Å². The summed E-state index contributed by atoms with van der Waals surface area (Å²) in [5.74, 6) is 0.213. The van der Waals surface area contributed by atoms with Gasteiger partial charge in [0.05, 0.1) is 17.9 Å². The number of hydrogen-bond acceptors (Lipinski definition) is 2. The lowest BCUT2D eigenvalue weighted by molar-refractivity contribution is -0.137. The lowest BCUT2D eigenvalue weighted by Crippen LogP contribution is -2.38. The molecule has 2 amide bonds. The predicted octanol–water partition coefficient (Wildman–Crippen LogP) is 4.76. The quantitative estimate of drug-likeness (QED) is 0.816. The molecule has 0 aliphatic heterocycles. The number of carbonyl (C=O) groups excluding carboxylic acids is 1. The van der Waals surface area contributed by atoms with Crippen molar-refractivity contribution in [3.05, 3.63) is 23.8 Å². The molecule has 0 saturated heterocycles. The zero-order chi connectivity index (χ0) is 17.6. The highest BCUT2D eigenvalue weighted by Gasteiger charge is 2.31. The van der Waals surface area contributed by atoms with E-state index in [9.17, 15) is 18.0 Å². The zero-order valence-electron chi connectivity index (χ0n) is 13.8. The summed E-state index contributed by atoms with van der Waals surface area (Å²) in [6, 6.07) is 2.57. The van der Waals surface area contributed by atoms with Gasteiger partial charge in [0.15, 0.2) is 0 Å². The first-order valence-electron chi connectivity index (χ1n) is 7.58. The largest absolute Gasteiger partial charge is 0.492 e. The van der Waals surface area contributed by atoms with E-state index >= 15 is 0 Å². The first-order chi connectivity index (χ1) is 10.7. The first kappa shape index (κ1) is 19.1. The van der Waals surface area contributed by atoms with Gasteiger partial charge in [-0.05, 0) is 38.5 Å². The smallest absolute Gasteiger partial charge is 0.416 e. The van der Waals surface area contributed by atoms with E-state index in [1.807, 2.05) is 13.8 Å². The fourth-order valence-electron chi connectivity index (χ4n) is 2.10. The van der Waals surface area contributed by atoms with Crippen LogP contribution < -0.4 is 10.1 Å². The molecule has 4 nitrogen and oxygen atoms in total. The topological polar surface area (TPSA) is 41.6 Å². The van der Waals surface area contributed by atoms with Crippen LogP contribution in [0.1, 0.15) is 39.2 Å². The lowest BCUT2D eigenvalue weighted by atomic mass is 10.1. The van der Waals surface area contributed by atoms with Crippen LogP contribution in [0.2, 0.25) is 0 Å². The summed E-state index contributed by atoms with van der Waals surface area (Å²) in [4.78, 5) is 13.7. The molecule has 0 bridgehead atoms. The Morgan fingerprint density at radius 1 is 1.35 bits per heavy atom. The first-order valence-corrected chi connectivity index (χ1v) is 7.58. The van der Waals surface area contributed by atoms with Gasteiger partial charge < -0.3 is 15.0 Å². The number of ether oxygens (including phenoxy) is 1. The van der Waals surface area contributed by atoms with Gasteiger partial charge >= 0.3 is 12.2 Å². The third-order valence-electron chi connectivity index (χ3n) is 3.54. The summed E-state index contributed by atoms with van der Waals surface area (Å²) in [6.07, 6.45) is -2.76. The molecule has 130 valence electrons. The summed E-state index contributed by atoms with van der Waals surface area (Å²) in [5.41, 5.74) is -0.817. The van der Waals surface area contributed by atoms with Crippen molar-refractivity contribution in [2.45, 2.75) is 45.8 Å². The molecule has 0 radical (unpaired) electrons. The standard InChI is InChI=1S/C16H23F3N2O2/c1-5-7-11(3)21(4)15(22)20-13-10-12(16(17,18)19)8-9-14(13)23-6-2/h8-11H,5-7H2,1-4H3,(H,20,22). The van der Waals surface area contributed by atoms with Gasteiger partial charge in [-0.1, -0.05) is 13.3 Å². The minimum absolute atomic E-state index is 0.0126. The molecule has 23 heavy (non-hydrogen) atoms. The van der Waals surface area contributed by atoms with Gasteiger partial charge in [0.25, 0.3) is 0 Å². The van der Waals surface area contributed by atoms with E-state index in [4.69, 9.17) is 4.74 Å². The molecule has 0 aromatic heterocycles. The normalized spacial score (nSPS) is 12.7. The summed E-state index contributed by atoms with van der Waals surface area (Å²) < 4.78 is 43.8. The van der Waals surface area contributed by atoms with E-state index < -0.39 is 17.8 Å². The van der Waals surface area contributed by atoms with E-state index in [0.717, 1.165) is 25.0 Å². The summed E-state index contributed by atoms with van der Waals surface area (Å²) in [7, 11) is 1.61. The highest BCUT2D eigenvalue weighted by Crippen LogP contribution is 2.35. The number of carbonyl (C=O) groups is 1. The molecular weight excluding hydrogens is 309 g/mol. The van der Waals surface area contributed by atoms with E-state index in [0.29, 0.717) is 0 Å². The number of alkyl halides is 3. The third kappa shape index (κ3) is 5.33. The van der Waals surface area contributed by atoms with E-state index in [-0.39, 0.29) is 24.1 Å². The number of rotatable bonds is 6. The Hall–Kier alpha value is -1.92. The molecule has 1 atom stereocenters. The number of nitrogens with one attached hydrogen (secondary N) is 1. The van der Waals surface area contributed by atoms with Crippen LogP contribution in [-0.2, 0) is 6.18 Å². The molecular formula is C16H23F3N2O2. The Kier molecular flexibility index (Phi) is 6.72. The maximum absolute atomic E-state index is 12.8. The van der Waals surface area contributed by atoms with Crippen molar-refractivity contribution in [3.8, 4) is 5.75 Å². The number of halogens is 3. The Labute approximate surface area is 134 Å².